The number of amides is 1. The third kappa shape index (κ3) is 4.56. The molecule has 1 aromatic rings. The predicted molar refractivity (Wildman–Crippen MR) is 94.1 cm³/mol. The Morgan fingerprint density at radius 2 is 2.12 bits per heavy atom. The Hall–Kier alpha value is -1.89. The third-order valence-corrected chi connectivity index (χ3v) is 4.23. The number of carbonyl (C=O) groups excluding carboxylic acids is 1. The molecular weight excluding hydrogens is 306 g/mol. The Balaban J connectivity index is 2.02. The molecule has 0 radical (unpaired) electrons. The molecule has 0 spiro atoms. The molecule has 7 nitrogen and oxygen atoms in total. The van der Waals surface area contributed by atoms with Gasteiger partial charge in [0.15, 0.2) is 0 Å². The molecule has 7 heteroatoms. The number of anilines is 1. The fraction of sp³-hybridized carbons (Fsp3) is 0.706. The molecule has 24 heavy (non-hydrogen) atoms. The average molecular weight is 335 g/mol. The molecule has 134 valence electrons. The summed E-state index contributed by atoms with van der Waals surface area (Å²) < 4.78 is 5.44. The Bertz CT molecular complexity index is 550. The molecule has 1 aromatic heterocycles. The minimum atomic E-state index is -0.782. The van der Waals surface area contributed by atoms with Crippen LogP contribution in [0.4, 0.5) is 5.95 Å². The van der Waals surface area contributed by atoms with Crippen LogP contribution in [0.5, 0.6) is 5.88 Å². The van der Waals surface area contributed by atoms with E-state index in [1.54, 1.807) is 12.3 Å². The van der Waals surface area contributed by atoms with Gasteiger partial charge in [0.2, 0.25) is 17.7 Å². The van der Waals surface area contributed by atoms with Crippen molar-refractivity contribution in [2.45, 2.75) is 45.6 Å². The molecule has 1 saturated heterocycles. The maximum Gasteiger partial charge on any atom is 0.242 e. The Labute approximate surface area is 144 Å². The molecule has 0 saturated carbocycles. The molecule has 1 unspecified atom stereocenters. The molecule has 0 aromatic carbocycles. The number of rotatable bonds is 6. The van der Waals surface area contributed by atoms with Gasteiger partial charge in [0.25, 0.3) is 0 Å². The Kier molecular flexibility index (Phi) is 6.36. The fourth-order valence-electron chi connectivity index (χ4n) is 3.02. The van der Waals surface area contributed by atoms with Gasteiger partial charge in [0.05, 0.1) is 12.1 Å². The van der Waals surface area contributed by atoms with Crippen molar-refractivity contribution in [1.82, 2.24) is 14.9 Å². The number of aromatic nitrogens is 2. The van der Waals surface area contributed by atoms with Gasteiger partial charge in [-0.2, -0.15) is 4.98 Å². The largest absolute Gasteiger partial charge is 0.478 e. The summed E-state index contributed by atoms with van der Waals surface area (Å²) in [6.45, 7) is 9.25. The van der Waals surface area contributed by atoms with Crippen LogP contribution in [0.15, 0.2) is 12.3 Å². The van der Waals surface area contributed by atoms with Crippen molar-refractivity contribution >= 4 is 11.9 Å². The first-order chi connectivity index (χ1) is 11.5. The van der Waals surface area contributed by atoms with Gasteiger partial charge in [-0.25, -0.2) is 4.98 Å². The van der Waals surface area contributed by atoms with Crippen LogP contribution < -0.4 is 15.4 Å². The summed E-state index contributed by atoms with van der Waals surface area (Å²) in [6, 6.07) is 1.76. The monoisotopic (exact) mass is 335 g/mol. The summed E-state index contributed by atoms with van der Waals surface area (Å²) in [5.41, 5.74) is 5.42. The summed E-state index contributed by atoms with van der Waals surface area (Å²) in [6.07, 6.45) is 4.18. The van der Waals surface area contributed by atoms with Gasteiger partial charge in [0, 0.05) is 38.4 Å². The summed E-state index contributed by atoms with van der Waals surface area (Å²) in [4.78, 5) is 25.4. The lowest BCUT2D eigenvalue weighted by atomic mass is 9.95. The molecule has 1 fully saturated rings. The molecule has 1 atom stereocenters. The van der Waals surface area contributed by atoms with E-state index >= 15 is 0 Å². The highest BCUT2D eigenvalue weighted by Crippen LogP contribution is 2.18. The maximum absolute atomic E-state index is 12.7. The first-order valence-electron chi connectivity index (χ1n) is 8.77. The first-order valence-corrected chi connectivity index (χ1v) is 8.77. The maximum atomic E-state index is 12.7. The van der Waals surface area contributed by atoms with Gasteiger partial charge >= 0.3 is 0 Å². The van der Waals surface area contributed by atoms with Crippen LogP contribution >= 0.6 is 0 Å². The van der Waals surface area contributed by atoms with E-state index in [0.29, 0.717) is 37.9 Å². The molecule has 1 aliphatic heterocycles. The van der Waals surface area contributed by atoms with E-state index in [-0.39, 0.29) is 5.91 Å². The second-order valence-electron chi connectivity index (χ2n) is 6.43. The molecule has 2 N–H and O–H groups in total. The van der Waals surface area contributed by atoms with Crippen LogP contribution in [0.3, 0.4) is 0 Å². The highest BCUT2D eigenvalue weighted by atomic mass is 16.5. The first kappa shape index (κ1) is 18.4. The number of hydrogen-bond acceptors (Lipinski definition) is 6. The molecule has 2 heterocycles. The molecule has 0 aliphatic carbocycles. The van der Waals surface area contributed by atoms with E-state index in [1.807, 2.05) is 25.7 Å². The zero-order valence-corrected chi connectivity index (χ0v) is 15.0. The van der Waals surface area contributed by atoms with Crippen LogP contribution in [-0.4, -0.2) is 59.1 Å². The number of nitrogens with two attached hydrogens (primary N) is 1. The molecule has 0 bridgehead atoms. The molecule has 1 amide bonds. The fourth-order valence-corrected chi connectivity index (χ4v) is 3.02. The topological polar surface area (TPSA) is 84.6 Å². The number of ether oxygens (including phenoxy) is 1. The zero-order chi connectivity index (χ0) is 17.6. The highest BCUT2D eigenvalue weighted by molar-refractivity contribution is 5.85. The van der Waals surface area contributed by atoms with Gasteiger partial charge in [0.1, 0.15) is 0 Å². The van der Waals surface area contributed by atoms with Crippen molar-refractivity contribution in [3.8, 4) is 5.88 Å². The summed E-state index contributed by atoms with van der Waals surface area (Å²) in [5.74, 6) is 1.27. The van der Waals surface area contributed by atoms with Gasteiger partial charge in [-0.1, -0.05) is 13.3 Å². The van der Waals surface area contributed by atoms with Crippen molar-refractivity contribution in [3.63, 3.8) is 0 Å². The average Bonchev–Trinajstić information content (AvgIpc) is 2.80. The van der Waals surface area contributed by atoms with E-state index in [9.17, 15) is 4.79 Å². The van der Waals surface area contributed by atoms with Crippen molar-refractivity contribution in [1.29, 1.82) is 0 Å². The molecular formula is C17H29N5O2. The van der Waals surface area contributed by atoms with Crippen LogP contribution in [0.1, 0.15) is 40.0 Å². The van der Waals surface area contributed by atoms with E-state index in [2.05, 4.69) is 14.9 Å². The number of hydrogen-bond donors (Lipinski definition) is 1. The summed E-state index contributed by atoms with van der Waals surface area (Å²) in [5, 5.41) is 0. The minimum absolute atomic E-state index is 0.0372. The van der Waals surface area contributed by atoms with Gasteiger partial charge in [-0.05, 0) is 26.7 Å². The van der Waals surface area contributed by atoms with E-state index < -0.39 is 5.54 Å². The SMILES string of the molecule is CCCC(C)(N)C(=O)N1CCCN(c2nccc(OCC)n2)CC1. The third-order valence-electron chi connectivity index (χ3n) is 4.23. The van der Waals surface area contributed by atoms with E-state index in [4.69, 9.17) is 10.5 Å². The Morgan fingerprint density at radius 1 is 1.33 bits per heavy atom. The molecule has 1 aliphatic rings. The number of carbonyl (C=O) groups is 1. The van der Waals surface area contributed by atoms with Crippen LogP contribution in [0.2, 0.25) is 0 Å². The lowest BCUT2D eigenvalue weighted by Crippen LogP contribution is -2.54. The Morgan fingerprint density at radius 3 is 2.83 bits per heavy atom. The highest BCUT2D eigenvalue weighted by Gasteiger charge is 2.32. The second kappa shape index (κ2) is 8.28. The smallest absolute Gasteiger partial charge is 0.242 e. The van der Waals surface area contributed by atoms with E-state index in [0.717, 1.165) is 25.9 Å². The van der Waals surface area contributed by atoms with Crippen LogP contribution in [0.25, 0.3) is 0 Å². The van der Waals surface area contributed by atoms with Crippen molar-refractivity contribution in [2.24, 2.45) is 5.73 Å². The molecule has 2 rings (SSSR count). The standard InChI is InChI=1S/C17H29N5O2/c1-4-8-17(3,18)15(23)21-10-6-11-22(13-12-21)16-19-9-7-14(20-16)24-5-2/h7,9H,4-6,8,10-13,18H2,1-3H3. The number of nitrogens with zero attached hydrogens (tertiary/aromatic N) is 4. The predicted octanol–water partition coefficient (Wildman–Crippen LogP) is 1.43. The lowest BCUT2D eigenvalue weighted by Gasteiger charge is -2.31. The van der Waals surface area contributed by atoms with Gasteiger partial charge in [-0.3, -0.25) is 4.79 Å². The minimum Gasteiger partial charge on any atom is -0.478 e. The quantitative estimate of drug-likeness (QED) is 0.846. The summed E-state index contributed by atoms with van der Waals surface area (Å²) in [7, 11) is 0. The van der Waals surface area contributed by atoms with Crippen molar-refractivity contribution < 1.29 is 9.53 Å². The van der Waals surface area contributed by atoms with Crippen LogP contribution in [0, 0.1) is 0 Å². The normalized spacial score (nSPS) is 18.0. The van der Waals surface area contributed by atoms with Crippen molar-refractivity contribution in [3.05, 3.63) is 12.3 Å². The summed E-state index contributed by atoms with van der Waals surface area (Å²) >= 11 is 0. The van der Waals surface area contributed by atoms with Crippen molar-refractivity contribution in [2.75, 3.05) is 37.7 Å². The van der Waals surface area contributed by atoms with Gasteiger partial charge < -0.3 is 20.3 Å². The lowest BCUT2D eigenvalue weighted by molar-refractivity contribution is -0.136. The zero-order valence-electron chi connectivity index (χ0n) is 15.0. The van der Waals surface area contributed by atoms with E-state index in [1.165, 1.54) is 0 Å². The second-order valence-corrected chi connectivity index (χ2v) is 6.43. The van der Waals surface area contributed by atoms with Gasteiger partial charge in [-0.15, -0.1) is 0 Å². The van der Waals surface area contributed by atoms with Crippen LogP contribution in [-0.2, 0) is 4.79 Å².